The van der Waals surface area contributed by atoms with Crippen molar-refractivity contribution in [1.29, 1.82) is 0 Å². The van der Waals surface area contributed by atoms with Crippen molar-refractivity contribution < 1.29 is 14.3 Å². The van der Waals surface area contributed by atoms with E-state index in [1.165, 1.54) is 0 Å². The molecule has 0 unspecified atom stereocenters. The fourth-order valence-corrected chi connectivity index (χ4v) is 4.64. The third kappa shape index (κ3) is 6.43. The van der Waals surface area contributed by atoms with Gasteiger partial charge in [0.05, 0.1) is 11.6 Å². The number of carbonyl (C=O) groups is 2. The summed E-state index contributed by atoms with van der Waals surface area (Å²) in [5, 5.41) is 0.535. The smallest absolute Gasteiger partial charge is 0.257 e. The number of rotatable bonds is 3. The van der Waals surface area contributed by atoms with Crippen molar-refractivity contribution in [2.45, 2.75) is 31.7 Å². The topological polar surface area (TPSA) is 49.9 Å². The average molecular weight is 491 g/mol. The van der Waals surface area contributed by atoms with Gasteiger partial charge in [-0.05, 0) is 61.6 Å². The van der Waals surface area contributed by atoms with E-state index in [-0.39, 0.29) is 24.5 Å². The number of hydrogen-bond donors (Lipinski definition) is 0. The molecule has 1 aliphatic rings. The molecule has 1 heterocycles. The Hall–Kier alpha value is -3.31. The quantitative estimate of drug-likeness (QED) is 0.471. The van der Waals surface area contributed by atoms with Crippen molar-refractivity contribution in [2.75, 3.05) is 26.7 Å². The summed E-state index contributed by atoms with van der Waals surface area (Å²) in [4.78, 5) is 30.5. The number of benzene rings is 3. The molecule has 6 heteroatoms. The number of carbonyl (C=O) groups excluding carboxylic acids is 2. The Morgan fingerprint density at radius 2 is 1.69 bits per heavy atom. The van der Waals surface area contributed by atoms with Gasteiger partial charge in [-0.25, -0.2) is 0 Å². The van der Waals surface area contributed by atoms with E-state index in [1.807, 2.05) is 48.3 Å². The third-order valence-electron chi connectivity index (χ3n) is 6.38. The number of fused-ring (bicyclic) bond motifs is 1. The molecule has 182 valence electrons. The molecule has 0 saturated heterocycles. The first-order valence-corrected chi connectivity index (χ1v) is 12.5. The highest BCUT2D eigenvalue weighted by Crippen LogP contribution is 2.23. The molecule has 1 aliphatic heterocycles. The van der Waals surface area contributed by atoms with Gasteiger partial charge in [0, 0.05) is 30.7 Å². The van der Waals surface area contributed by atoms with E-state index < -0.39 is 0 Å². The normalized spacial score (nSPS) is 17.4. The minimum Gasteiger partial charge on any atom is -0.491 e. The molecular formula is C29H31ClN2O3. The summed E-state index contributed by atoms with van der Waals surface area (Å²) in [5.41, 5.74) is 2.23. The predicted molar refractivity (Wildman–Crippen MR) is 139 cm³/mol. The first kappa shape index (κ1) is 24.8. The summed E-state index contributed by atoms with van der Waals surface area (Å²) in [5.74, 6) is 0.427. The van der Waals surface area contributed by atoms with Crippen molar-refractivity contribution >= 4 is 23.4 Å². The second kappa shape index (κ2) is 11.9. The van der Waals surface area contributed by atoms with Gasteiger partial charge >= 0.3 is 0 Å². The minimum atomic E-state index is -0.217. The summed E-state index contributed by atoms with van der Waals surface area (Å²) >= 11 is 6.21. The summed E-state index contributed by atoms with van der Waals surface area (Å²) in [6, 6.07) is 24.3. The van der Waals surface area contributed by atoms with Gasteiger partial charge in [0.2, 0.25) is 0 Å². The van der Waals surface area contributed by atoms with Crippen LogP contribution in [0.5, 0.6) is 5.75 Å². The molecule has 0 radical (unpaired) electrons. The summed E-state index contributed by atoms with van der Waals surface area (Å²) in [6.45, 7) is 1.53. The van der Waals surface area contributed by atoms with Crippen LogP contribution in [0.2, 0.25) is 5.02 Å². The second-order valence-corrected chi connectivity index (χ2v) is 9.38. The van der Waals surface area contributed by atoms with Gasteiger partial charge < -0.3 is 14.5 Å². The second-order valence-electron chi connectivity index (χ2n) is 8.95. The Bertz CT molecular complexity index is 1150. The van der Waals surface area contributed by atoms with Crippen LogP contribution in [0.25, 0.3) is 0 Å². The van der Waals surface area contributed by atoms with Crippen molar-refractivity contribution in [3.8, 4) is 5.75 Å². The van der Waals surface area contributed by atoms with Crippen LogP contribution >= 0.6 is 11.6 Å². The van der Waals surface area contributed by atoms with E-state index in [0.29, 0.717) is 41.4 Å². The van der Waals surface area contributed by atoms with Crippen LogP contribution in [0, 0.1) is 0 Å². The Balaban J connectivity index is 1.69. The SMILES string of the molecule is CN1CCCCCN(C(=O)c2cccc(Cl)c2)[C@H](Cc2ccccc2)COc2ccccc2C1=O. The zero-order chi connectivity index (χ0) is 24.6. The van der Waals surface area contributed by atoms with E-state index >= 15 is 0 Å². The molecule has 0 saturated carbocycles. The Labute approximate surface area is 212 Å². The lowest BCUT2D eigenvalue weighted by atomic mass is 10.0. The van der Waals surface area contributed by atoms with E-state index in [2.05, 4.69) is 12.1 Å². The van der Waals surface area contributed by atoms with Crippen molar-refractivity contribution in [3.63, 3.8) is 0 Å². The number of ether oxygens (including phenoxy) is 1. The molecule has 0 N–H and O–H groups in total. The van der Waals surface area contributed by atoms with Crippen LogP contribution in [-0.2, 0) is 6.42 Å². The lowest BCUT2D eigenvalue weighted by Crippen LogP contribution is -2.45. The maximum Gasteiger partial charge on any atom is 0.257 e. The molecule has 35 heavy (non-hydrogen) atoms. The predicted octanol–water partition coefficient (Wildman–Crippen LogP) is 5.73. The highest BCUT2D eigenvalue weighted by Gasteiger charge is 2.27. The van der Waals surface area contributed by atoms with Crippen LogP contribution in [0.15, 0.2) is 78.9 Å². The maximum absolute atomic E-state index is 13.7. The molecule has 5 nitrogen and oxygen atoms in total. The summed E-state index contributed by atoms with van der Waals surface area (Å²) in [7, 11) is 1.83. The molecular weight excluding hydrogens is 460 g/mol. The van der Waals surface area contributed by atoms with E-state index in [0.717, 1.165) is 24.8 Å². The molecule has 1 atom stereocenters. The fraction of sp³-hybridized carbons (Fsp3) is 0.310. The van der Waals surface area contributed by atoms with Gasteiger partial charge in [-0.1, -0.05) is 60.1 Å². The number of hydrogen-bond acceptors (Lipinski definition) is 3. The van der Waals surface area contributed by atoms with Gasteiger partial charge in [0.1, 0.15) is 12.4 Å². The summed E-state index contributed by atoms with van der Waals surface area (Å²) in [6.07, 6.45) is 3.26. The van der Waals surface area contributed by atoms with Gasteiger partial charge in [0.15, 0.2) is 0 Å². The first-order chi connectivity index (χ1) is 17.0. The van der Waals surface area contributed by atoms with Crippen molar-refractivity contribution in [1.82, 2.24) is 9.80 Å². The number of para-hydroxylation sites is 1. The van der Waals surface area contributed by atoms with Crippen LogP contribution < -0.4 is 4.74 Å². The average Bonchev–Trinajstić information content (AvgIpc) is 2.89. The van der Waals surface area contributed by atoms with Crippen LogP contribution in [0.4, 0.5) is 0 Å². The zero-order valence-electron chi connectivity index (χ0n) is 20.0. The molecule has 2 amide bonds. The molecule has 0 spiro atoms. The van der Waals surface area contributed by atoms with Gasteiger partial charge in [0.25, 0.3) is 11.8 Å². The number of nitrogens with zero attached hydrogens (tertiary/aromatic N) is 2. The minimum absolute atomic E-state index is 0.0497. The molecule has 0 aliphatic carbocycles. The highest BCUT2D eigenvalue weighted by molar-refractivity contribution is 6.30. The highest BCUT2D eigenvalue weighted by atomic mass is 35.5. The molecule has 0 aromatic heterocycles. The monoisotopic (exact) mass is 490 g/mol. The van der Waals surface area contributed by atoms with Crippen LogP contribution in [0.1, 0.15) is 45.5 Å². The maximum atomic E-state index is 13.7. The van der Waals surface area contributed by atoms with E-state index in [4.69, 9.17) is 16.3 Å². The molecule has 0 fully saturated rings. The zero-order valence-corrected chi connectivity index (χ0v) is 20.8. The Kier molecular flexibility index (Phi) is 8.43. The Morgan fingerprint density at radius 3 is 2.49 bits per heavy atom. The van der Waals surface area contributed by atoms with E-state index in [9.17, 15) is 9.59 Å². The van der Waals surface area contributed by atoms with Crippen LogP contribution in [-0.4, -0.2) is 54.4 Å². The fourth-order valence-electron chi connectivity index (χ4n) is 4.45. The van der Waals surface area contributed by atoms with Gasteiger partial charge in [-0.2, -0.15) is 0 Å². The van der Waals surface area contributed by atoms with Crippen molar-refractivity contribution in [2.24, 2.45) is 0 Å². The molecule has 4 rings (SSSR count). The van der Waals surface area contributed by atoms with Gasteiger partial charge in [-0.3, -0.25) is 9.59 Å². The lowest BCUT2D eigenvalue weighted by Gasteiger charge is -2.32. The lowest BCUT2D eigenvalue weighted by molar-refractivity contribution is 0.0605. The largest absolute Gasteiger partial charge is 0.491 e. The molecule has 3 aromatic carbocycles. The Morgan fingerprint density at radius 1 is 0.943 bits per heavy atom. The van der Waals surface area contributed by atoms with Gasteiger partial charge in [-0.15, -0.1) is 0 Å². The van der Waals surface area contributed by atoms with Crippen LogP contribution in [0.3, 0.4) is 0 Å². The van der Waals surface area contributed by atoms with E-state index in [1.54, 1.807) is 35.2 Å². The number of halogens is 1. The first-order valence-electron chi connectivity index (χ1n) is 12.1. The summed E-state index contributed by atoms with van der Waals surface area (Å²) < 4.78 is 6.28. The third-order valence-corrected chi connectivity index (χ3v) is 6.61. The number of amides is 2. The molecule has 3 aromatic rings. The van der Waals surface area contributed by atoms with Crippen molar-refractivity contribution in [3.05, 3.63) is 101 Å². The molecule has 0 bridgehead atoms. The standard InChI is InChI=1S/C29H31ClN2O3/c1-31-17-8-3-9-18-32(28(33)23-13-10-14-24(30)20-23)25(19-22-11-4-2-5-12-22)21-35-27-16-7-6-15-26(27)29(31)34/h2,4-7,10-16,20,25H,3,8-9,17-19,21H2,1H3/t25-/m1/s1.